The molecule has 2 atom stereocenters. The summed E-state index contributed by atoms with van der Waals surface area (Å²) < 4.78 is 5.41. The number of aromatic hydroxyl groups is 1. The Balaban J connectivity index is 1.92. The minimum atomic E-state index is 0.282. The Morgan fingerprint density at radius 1 is 1.39 bits per heavy atom. The molecule has 2 aliphatic heterocycles. The van der Waals surface area contributed by atoms with Crippen molar-refractivity contribution in [3.63, 3.8) is 0 Å². The number of phenolic OH excluding ortho intramolecular Hbond substituents is 1. The number of benzene rings is 1. The highest BCUT2D eigenvalue weighted by Gasteiger charge is 2.32. The van der Waals surface area contributed by atoms with Gasteiger partial charge in [0, 0.05) is 18.2 Å². The highest BCUT2D eigenvalue weighted by Crippen LogP contribution is 2.40. The van der Waals surface area contributed by atoms with Crippen molar-refractivity contribution >= 4 is 0 Å². The molecule has 1 aromatic carbocycles. The highest BCUT2D eigenvalue weighted by molar-refractivity contribution is 5.44. The van der Waals surface area contributed by atoms with E-state index in [9.17, 15) is 5.11 Å². The molecule has 0 aromatic heterocycles. The first-order valence-corrected chi connectivity index (χ1v) is 6.51. The molecule has 3 N–H and O–H groups in total. The number of likely N-dealkylation sites (tertiary alicyclic amines) is 1. The lowest BCUT2D eigenvalue weighted by atomic mass is 9.96. The summed E-state index contributed by atoms with van der Waals surface area (Å²) in [6.07, 6.45) is 1.03. The van der Waals surface area contributed by atoms with Gasteiger partial charge in [0.25, 0.3) is 0 Å². The third kappa shape index (κ3) is 1.90. The zero-order valence-corrected chi connectivity index (χ0v) is 10.7. The first-order chi connectivity index (χ1) is 8.69. The fraction of sp³-hybridized carbons (Fsp3) is 0.571. The van der Waals surface area contributed by atoms with E-state index in [1.165, 1.54) is 5.56 Å². The van der Waals surface area contributed by atoms with Gasteiger partial charge in [-0.25, -0.2) is 0 Å². The second-order valence-electron chi connectivity index (χ2n) is 5.47. The van der Waals surface area contributed by atoms with Crippen molar-refractivity contribution in [1.82, 2.24) is 4.90 Å². The van der Waals surface area contributed by atoms with Crippen LogP contribution in [0, 0.1) is 5.92 Å². The average Bonchev–Trinajstić information content (AvgIpc) is 2.93. The number of nitrogens with zero attached hydrogens (tertiary/aromatic N) is 1. The van der Waals surface area contributed by atoms with Crippen LogP contribution in [0.2, 0.25) is 0 Å². The molecule has 0 aliphatic carbocycles. The van der Waals surface area contributed by atoms with Crippen LogP contribution >= 0.6 is 0 Å². The summed E-state index contributed by atoms with van der Waals surface area (Å²) in [4.78, 5) is 2.29. The first-order valence-electron chi connectivity index (χ1n) is 6.51. The van der Waals surface area contributed by atoms with Crippen LogP contribution in [0.4, 0.5) is 0 Å². The van der Waals surface area contributed by atoms with Crippen molar-refractivity contribution in [2.45, 2.75) is 25.7 Å². The van der Waals surface area contributed by atoms with Gasteiger partial charge < -0.3 is 15.6 Å². The topological polar surface area (TPSA) is 58.7 Å². The Hall–Kier alpha value is -1.10. The minimum absolute atomic E-state index is 0.282. The average molecular weight is 248 g/mol. The molecule has 1 saturated heterocycles. The number of hydrogen-bond acceptors (Lipinski definition) is 4. The van der Waals surface area contributed by atoms with E-state index in [-0.39, 0.29) is 6.04 Å². The number of rotatable bonds is 2. The maximum absolute atomic E-state index is 10.2. The molecule has 0 bridgehead atoms. The molecule has 2 aliphatic rings. The second-order valence-corrected chi connectivity index (χ2v) is 5.47. The van der Waals surface area contributed by atoms with Crippen LogP contribution in [0.3, 0.4) is 0 Å². The van der Waals surface area contributed by atoms with Crippen LogP contribution in [0.1, 0.15) is 29.2 Å². The number of ether oxygens (including phenoxy) is 1. The van der Waals surface area contributed by atoms with E-state index in [1.807, 2.05) is 6.07 Å². The number of hydrogen-bond donors (Lipinski definition) is 2. The standard InChI is InChI=1S/C14H20N2O2/c1-16-6-9(5-15)2-13(16)12-3-10-7-18-8-11(10)4-14(12)17/h3-4,9,13,17H,2,5-8,15H2,1H3. The Morgan fingerprint density at radius 3 is 2.78 bits per heavy atom. The summed E-state index contributed by atoms with van der Waals surface area (Å²) in [7, 11) is 2.10. The Morgan fingerprint density at radius 2 is 2.11 bits per heavy atom. The fourth-order valence-corrected chi connectivity index (χ4v) is 3.14. The van der Waals surface area contributed by atoms with E-state index < -0.39 is 0 Å². The fourth-order valence-electron chi connectivity index (χ4n) is 3.14. The molecule has 0 radical (unpaired) electrons. The van der Waals surface area contributed by atoms with Gasteiger partial charge in [-0.3, -0.25) is 4.90 Å². The molecule has 4 nitrogen and oxygen atoms in total. The summed E-state index contributed by atoms with van der Waals surface area (Å²) in [5.41, 5.74) is 9.11. The highest BCUT2D eigenvalue weighted by atomic mass is 16.5. The van der Waals surface area contributed by atoms with E-state index in [2.05, 4.69) is 18.0 Å². The van der Waals surface area contributed by atoms with Crippen molar-refractivity contribution in [3.05, 3.63) is 28.8 Å². The van der Waals surface area contributed by atoms with E-state index in [1.54, 1.807) is 0 Å². The van der Waals surface area contributed by atoms with Crippen molar-refractivity contribution in [2.75, 3.05) is 20.1 Å². The van der Waals surface area contributed by atoms with Gasteiger partial charge in [0.1, 0.15) is 5.75 Å². The van der Waals surface area contributed by atoms with Crippen molar-refractivity contribution < 1.29 is 9.84 Å². The number of phenols is 1. The van der Waals surface area contributed by atoms with Crippen LogP contribution in [0.25, 0.3) is 0 Å². The third-order valence-electron chi connectivity index (χ3n) is 4.19. The molecule has 2 unspecified atom stereocenters. The van der Waals surface area contributed by atoms with Gasteiger partial charge in [0.2, 0.25) is 0 Å². The summed E-state index contributed by atoms with van der Waals surface area (Å²) in [5, 5.41) is 10.2. The summed E-state index contributed by atoms with van der Waals surface area (Å²) in [5.74, 6) is 0.928. The van der Waals surface area contributed by atoms with Crippen molar-refractivity contribution in [3.8, 4) is 5.75 Å². The Bertz CT molecular complexity index is 461. The quantitative estimate of drug-likeness (QED) is 0.830. The smallest absolute Gasteiger partial charge is 0.120 e. The normalized spacial score (nSPS) is 27.7. The molecule has 0 saturated carbocycles. The molecule has 4 heteroatoms. The molecular weight excluding hydrogens is 228 g/mol. The SMILES string of the molecule is CN1CC(CN)CC1c1cc2c(cc1O)COC2. The molecule has 0 spiro atoms. The summed E-state index contributed by atoms with van der Waals surface area (Å²) >= 11 is 0. The van der Waals surface area contributed by atoms with Crippen LogP contribution in [0.15, 0.2) is 12.1 Å². The van der Waals surface area contributed by atoms with Gasteiger partial charge in [-0.05, 0) is 49.2 Å². The largest absolute Gasteiger partial charge is 0.508 e. The van der Waals surface area contributed by atoms with Gasteiger partial charge in [0.05, 0.1) is 13.2 Å². The molecule has 1 aromatic rings. The van der Waals surface area contributed by atoms with Crippen LogP contribution in [0.5, 0.6) is 5.75 Å². The van der Waals surface area contributed by atoms with Gasteiger partial charge in [-0.1, -0.05) is 0 Å². The van der Waals surface area contributed by atoms with Gasteiger partial charge in [0.15, 0.2) is 0 Å². The maximum Gasteiger partial charge on any atom is 0.120 e. The third-order valence-corrected chi connectivity index (χ3v) is 4.19. The van der Waals surface area contributed by atoms with E-state index in [0.717, 1.165) is 30.6 Å². The lowest BCUT2D eigenvalue weighted by Crippen LogP contribution is -2.20. The van der Waals surface area contributed by atoms with E-state index in [0.29, 0.717) is 24.9 Å². The summed E-state index contributed by atoms with van der Waals surface area (Å²) in [6.45, 7) is 3.01. The summed E-state index contributed by atoms with van der Waals surface area (Å²) in [6, 6.07) is 4.25. The predicted octanol–water partition coefficient (Wildman–Crippen LogP) is 1.37. The molecule has 18 heavy (non-hydrogen) atoms. The van der Waals surface area contributed by atoms with Crippen LogP contribution in [-0.2, 0) is 18.0 Å². The molecule has 2 heterocycles. The molecule has 3 rings (SSSR count). The van der Waals surface area contributed by atoms with Crippen LogP contribution < -0.4 is 5.73 Å². The van der Waals surface area contributed by atoms with E-state index in [4.69, 9.17) is 10.5 Å². The zero-order valence-electron chi connectivity index (χ0n) is 10.7. The molecule has 98 valence electrons. The predicted molar refractivity (Wildman–Crippen MR) is 69.1 cm³/mol. The monoisotopic (exact) mass is 248 g/mol. The van der Waals surface area contributed by atoms with Gasteiger partial charge in [-0.2, -0.15) is 0 Å². The number of fused-ring (bicyclic) bond motifs is 1. The number of nitrogens with two attached hydrogens (primary N) is 1. The van der Waals surface area contributed by atoms with Crippen molar-refractivity contribution in [2.24, 2.45) is 11.7 Å². The van der Waals surface area contributed by atoms with E-state index >= 15 is 0 Å². The van der Waals surface area contributed by atoms with Crippen LogP contribution in [-0.4, -0.2) is 30.1 Å². The Labute approximate surface area is 107 Å². The second kappa shape index (κ2) is 4.53. The minimum Gasteiger partial charge on any atom is -0.508 e. The lowest BCUT2D eigenvalue weighted by molar-refractivity contribution is 0.134. The van der Waals surface area contributed by atoms with Gasteiger partial charge in [-0.15, -0.1) is 0 Å². The molecule has 0 amide bonds. The molecule has 1 fully saturated rings. The Kier molecular flexibility index (Phi) is 3.01. The lowest BCUT2D eigenvalue weighted by Gasteiger charge is -2.21. The first kappa shape index (κ1) is 12.0. The molecular formula is C14H20N2O2. The maximum atomic E-state index is 10.2. The van der Waals surface area contributed by atoms with Crippen molar-refractivity contribution in [1.29, 1.82) is 0 Å². The zero-order chi connectivity index (χ0) is 12.7. The van der Waals surface area contributed by atoms with Gasteiger partial charge >= 0.3 is 0 Å².